The first-order chi connectivity index (χ1) is 7.48. The van der Waals surface area contributed by atoms with E-state index in [2.05, 4.69) is 10.1 Å². The number of carbonyl (C=O) groups excluding carboxylic acids is 1. The van der Waals surface area contributed by atoms with Crippen LogP contribution in [0.15, 0.2) is 12.4 Å². The predicted octanol–water partition coefficient (Wildman–Crippen LogP) is 1.80. The van der Waals surface area contributed by atoms with Gasteiger partial charge in [-0.1, -0.05) is 0 Å². The lowest BCUT2D eigenvalue weighted by molar-refractivity contribution is -0.211. The summed E-state index contributed by atoms with van der Waals surface area (Å²) in [5, 5.41) is 2.67. The van der Waals surface area contributed by atoms with Crippen LogP contribution in [0.3, 0.4) is 0 Å². The van der Waals surface area contributed by atoms with Gasteiger partial charge in [-0.15, -0.1) is 0 Å². The molecule has 2 aliphatic rings. The molecule has 0 saturated heterocycles. The van der Waals surface area contributed by atoms with Crippen LogP contribution in [0.5, 0.6) is 0 Å². The average Bonchev–Trinajstić information content (AvgIpc) is 2.85. The van der Waals surface area contributed by atoms with Crippen LogP contribution in [0.2, 0.25) is 0 Å². The Morgan fingerprint density at radius 1 is 1.50 bits per heavy atom. The number of rotatable bonds is 2. The maximum Gasteiger partial charge on any atom is 0.425 e. The van der Waals surface area contributed by atoms with Crippen molar-refractivity contribution in [2.24, 2.45) is 5.92 Å². The van der Waals surface area contributed by atoms with Gasteiger partial charge in [0.25, 0.3) is 0 Å². The number of amides is 1. The minimum absolute atomic E-state index is 0.147. The molecule has 1 atom stereocenters. The Balaban J connectivity index is 1.95. The first-order valence-electron chi connectivity index (χ1n) is 4.92. The Morgan fingerprint density at radius 3 is 2.62 bits per heavy atom. The van der Waals surface area contributed by atoms with Gasteiger partial charge < -0.3 is 10.1 Å². The van der Waals surface area contributed by atoms with Crippen molar-refractivity contribution >= 4 is 6.09 Å². The fraction of sp³-hybridized carbons (Fsp3) is 0.667. The molecule has 7 heteroatoms. The van der Waals surface area contributed by atoms with Gasteiger partial charge in [-0.2, -0.15) is 13.2 Å². The molecule has 1 fully saturated rings. The Bertz CT molecular complexity index is 312. The summed E-state index contributed by atoms with van der Waals surface area (Å²) < 4.78 is 42.1. The highest BCUT2D eigenvalue weighted by Gasteiger charge is 2.52. The molecule has 1 saturated carbocycles. The van der Waals surface area contributed by atoms with Gasteiger partial charge in [-0.3, -0.25) is 4.90 Å². The summed E-state index contributed by atoms with van der Waals surface area (Å²) in [6, 6.07) is 0. The number of halogens is 3. The van der Waals surface area contributed by atoms with Crippen molar-refractivity contribution in [2.45, 2.75) is 25.1 Å². The highest BCUT2D eigenvalue weighted by Crippen LogP contribution is 2.42. The van der Waals surface area contributed by atoms with E-state index in [1.165, 1.54) is 12.4 Å². The van der Waals surface area contributed by atoms with Crippen molar-refractivity contribution in [3.8, 4) is 0 Å². The van der Waals surface area contributed by atoms with Gasteiger partial charge in [-0.05, 0) is 12.8 Å². The second-order valence-corrected chi connectivity index (χ2v) is 3.83. The Labute approximate surface area is 90.0 Å². The van der Waals surface area contributed by atoms with Gasteiger partial charge in [0.1, 0.15) is 0 Å². The summed E-state index contributed by atoms with van der Waals surface area (Å²) in [6.45, 7) is 0.147. The van der Waals surface area contributed by atoms with Gasteiger partial charge >= 0.3 is 12.3 Å². The minimum Gasteiger partial charge on any atom is -0.436 e. The number of hydrogen-bond donors (Lipinski definition) is 1. The summed E-state index contributed by atoms with van der Waals surface area (Å²) >= 11 is 0. The molecule has 0 aromatic heterocycles. The molecule has 0 radical (unpaired) electrons. The lowest BCUT2D eigenvalue weighted by atomic mass is 10.2. The van der Waals surface area contributed by atoms with Gasteiger partial charge in [0, 0.05) is 18.3 Å². The molecular weight excluding hydrogens is 225 g/mol. The van der Waals surface area contributed by atoms with Crippen molar-refractivity contribution < 1.29 is 22.7 Å². The van der Waals surface area contributed by atoms with Crippen LogP contribution >= 0.6 is 0 Å². The Morgan fingerprint density at radius 2 is 2.19 bits per heavy atom. The highest BCUT2D eigenvalue weighted by molar-refractivity contribution is 5.69. The maximum absolute atomic E-state index is 12.5. The fourth-order valence-corrected chi connectivity index (χ4v) is 1.48. The molecule has 90 valence electrons. The average molecular weight is 236 g/mol. The monoisotopic (exact) mass is 236 g/mol. The molecule has 1 aliphatic heterocycles. The molecule has 0 aromatic rings. The number of alkyl halides is 3. The third-order valence-electron chi connectivity index (χ3n) is 2.47. The van der Waals surface area contributed by atoms with Gasteiger partial charge in [0.15, 0.2) is 0 Å². The molecule has 2 rings (SSSR count). The van der Waals surface area contributed by atoms with Crippen molar-refractivity contribution in [1.29, 1.82) is 0 Å². The summed E-state index contributed by atoms with van der Waals surface area (Å²) in [5.74, 6) is -0.566. The van der Waals surface area contributed by atoms with Crippen LogP contribution in [0, 0.1) is 5.92 Å². The van der Waals surface area contributed by atoms with Crippen LogP contribution in [0.25, 0.3) is 0 Å². The number of nitrogens with one attached hydrogen (secondary N) is 1. The third kappa shape index (κ3) is 2.40. The van der Waals surface area contributed by atoms with Gasteiger partial charge in [0.2, 0.25) is 6.10 Å². The standard InChI is InChI=1S/C9H11F3N2O2/c10-9(11,12)7(6-1-2-6)16-8(15)14-4-3-13-5-14/h3-4,6-7,13H,1-2,5H2. The zero-order chi connectivity index (χ0) is 11.8. The zero-order valence-electron chi connectivity index (χ0n) is 8.33. The highest BCUT2D eigenvalue weighted by atomic mass is 19.4. The lowest BCUT2D eigenvalue weighted by Gasteiger charge is -2.22. The molecule has 1 aliphatic carbocycles. The topological polar surface area (TPSA) is 41.6 Å². The molecule has 1 amide bonds. The second-order valence-electron chi connectivity index (χ2n) is 3.83. The van der Waals surface area contributed by atoms with Crippen molar-refractivity contribution in [3.05, 3.63) is 12.4 Å². The van der Waals surface area contributed by atoms with Crippen LogP contribution < -0.4 is 5.32 Å². The largest absolute Gasteiger partial charge is 0.436 e. The fourth-order valence-electron chi connectivity index (χ4n) is 1.48. The predicted molar refractivity (Wildman–Crippen MR) is 48.0 cm³/mol. The SMILES string of the molecule is O=C(OC(C1CC1)C(F)(F)F)N1C=CNC1. The molecule has 4 nitrogen and oxygen atoms in total. The summed E-state index contributed by atoms with van der Waals surface area (Å²) in [6.07, 6.45) is -3.65. The minimum atomic E-state index is -4.48. The van der Waals surface area contributed by atoms with Crippen LogP contribution in [0.4, 0.5) is 18.0 Å². The first kappa shape index (κ1) is 11.1. The van der Waals surface area contributed by atoms with E-state index in [4.69, 9.17) is 0 Å². The van der Waals surface area contributed by atoms with Crippen LogP contribution in [-0.2, 0) is 4.74 Å². The molecule has 1 heterocycles. The number of nitrogens with zero attached hydrogens (tertiary/aromatic N) is 1. The maximum atomic E-state index is 12.5. The summed E-state index contributed by atoms with van der Waals surface area (Å²) in [7, 11) is 0. The third-order valence-corrected chi connectivity index (χ3v) is 2.47. The van der Waals surface area contributed by atoms with E-state index < -0.39 is 24.3 Å². The normalized spacial score (nSPS) is 21.8. The van der Waals surface area contributed by atoms with Gasteiger partial charge in [0.05, 0.1) is 6.67 Å². The van der Waals surface area contributed by atoms with Gasteiger partial charge in [-0.25, -0.2) is 4.79 Å². The zero-order valence-corrected chi connectivity index (χ0v) is 8.33. The van der Waals surface area contributed by atoms with Crippen molar-refractivity contribution in [1.82, 2.24) is 10.2 Å². The van der Waals surface area contributed by atoms with E-state index in [0.717, 1.165) is 4.90 Å². The second kappa shape index (κ2) is 3.88. The van der Waals surface area contributed by atoms with Crippen LogP contribution in [0.1, 0.15) is 12.8 Å². The first-order valence-corrected chi connectivity index (χ1v) is 4.92. The smallest absolute Gasteiger partial charge is 0.425 e. The van der Waals surface area contributed by atoms with Crippen molar-refractivity contribution in [2.75, 3.05) is 6.67 Å². The molecule has 0 aromatic carbocycles. The van der Waals surface area contributed by atoms with E-state index in [1.54, 1.807) is 0 Å². The number of ether oxygens (including phenoxy) is 1. The van der Waals surface area contributed by atoms with E-state index in [0.29, 0.717) is 12.8 Å². The van der Waals surface area contributed by atoms with E-state index >= 15 is 0 Å². The van der Waals surface area contributed by atoms with Crippen molar-refractivity contribution in [3.63, 3.8) is 0 Å². The molecule has 1 unspecified atom stereocenters. The molecule has 0 bridgehead atoms. The van der Waals surface area contributed by atoms with Crippen LogP contribution in [-0.4, -0.2) is 29.9 Å². The molecule has 1 N–H and O–H groups in total. The molecule has 0 spiro atoms. The van der Waals surface area contributed by atoms with E-state index in [-0.39, 0.29) is 6.67 Å². The Hall–Kier alpha value is -1.40. The van der Waals surface area contributed by atoms with E-state index in [9.17, 15) is 18.0 Å². The lowest BCUT2D eigenvalue weighted by Crippen LogP contribution is -2.39. The number of hydrogen-bond acceptors (Lipinski definition) is 3. The summed E-state index contributed by atoms with van der Waals surface area (Å²) in [4.78, 5) is 12.4. The molecule has 16 heavy (non-hydrogen) atoms. The van der Waals surface area contributed by atoms with E-state index in [1.807, 2.05) is 0 Å². The summed E-state index contributed by atoms with van der Waals surface area (Å²) in [5.41, 5.74) is 0. The number of carbonyl (C=O) groups is 1. The quantitative estimate of drug-likeness (QED) is 0.794. The Kier molecular flexibility index (Phi) is 2.69. The molecular formula is C9H11F3N2O2.